The predicted molar refractivity (Wildman–Crippen MR) is 148 cm³/mol. The maximum atomic E-state index is 14.2. The maximum absolute atomic E-state index is 14.2. The van der Waals surface area contributed by atoms with E-state index in [2.05, 4.69) is 5.10 Å². The lowest BCUT2D eigenvalue weighted by molar-refractivity contribution is -0.141. The number of carbonyl (C=O) groups is 1. The zero-order valence-corrected chi connectivity index (χ0v) is 23.3. The summed E-state index contributed by atoms with van der Waals surface area (Å²) in [5.74, 6) is 0.766. The number of aromatic nitrogens is 2. The molecule has 10 heteroatoms. The lowest BCUT2D eigenvalue weighted by Crippen LogP contribution is -2.10. The SMILES string of the molecule is COC(=O)C[C@@H]1COc2cc(O[C@@H]3CCc4c3ccc(C(F)(F)F)c4-c3ccc(-c4c(C)nn(O)c4C)cc3)ccc21. The molecule has 1 N–H and O–H groups in total. The lowest BCUT2D eigenvalue weighted by atomic mass is 9.90. The van der Waals surface area contributed by atoms with Crippen LogP contribution in [0, 0.1) is 13.8 Å². The molecule has 218 valence electrons. The van der Waals surface area contributed by atoms with Crippen molar-refractivity contribution in [1.29, 1.82) is 0 Å². The van der Waals surface area contributed by atoms with Crippen LogP contribution in [0.15, 0.2) is 54.6 Å². The molecular weight excluding hydrogens is 549 g/mol. The van der Waals surface area contributed by atoms with Crippen LogP contribution >= 0.6 is 0 Å². The first-order valence-corrected chi connectivity index (χ1v) is 13.6. The molecular formula is C32H29F3N2O5. The number of fused-ring (bicyclic) bond motifs is 2. The summed E-state index contributed by atoms with van der Waals surface area (Å²) in [4.78, 5) is 12.5. The zero-order chi connectivity index (χ0) is 29.8. The van der Waals surface area contributed by atoms with Gasteiger partial charge in [0.05, 0.1) is 37.1 Å². The summed E-state index contributed by atoms with van der Waals surface area (Å²) in [5, 5.41) is 13.9. The minimum Gasteiger partial charge on any atom is -0.492 e. The van der Waals surface area contributed by atoms with E-state index in [0.717, 1.165) is 33.2 Å². The number of alkyl halides is 3. The van der Waals surface area contributed by atoms with Crippen LogP contribution in [0.2, 0.25) is 0 Å². The van der Waals surface area contributed by atoms with Gasteiger partial charge in [0.15, 0.2) is 0 Å². The van der Waals surface area contributed by atoms with Gasteiger partial charge in [-0.05, 0) is 66.6 Å². The van der Waals surface area contributed by atoms with Crippen molar-refractivity contribution >= 4 is 5.97 Å². The number of hydrogen-bond donors (Lipinski definition) is 1. The highest BCUT2D eigenvalue weighted by Gasteiger charge is 2.38. The Bertz CT molecular complexity index is 1680. The van der Waals surface area contributed by atoms with Crippen molar-refractivity contribution in [2.45, 2.75) is 51.3 Å². The molecule has 0 amide bonds. The minimum absolute atomic E-state index is 0.101. The van der Waals surface area contributed by atoms with E-state index in [1.807, 2.05) is 6.07 Å². The average Bonchev–Trinajstić information content (AvgIpc) is 3.63. The van der Waals surface area contributed by atoms with Gasteiger partial charge in [0.25, 0.3) is 0 Å². The normalized spacial score (nSPS) is 17.5. The summed E-state index contributed by atoms with van der Waals surface area (Å²) < 4.78 is 59.6. The summed E-state index contributed by atoms with van der Waals surface area (Å²) in [6.45, 7) is 3.86. The fourth-order valence-electron chi connectivity index (χ4n) is 6.15. The van der Waals surface area contributed by atoms with Crippen LogP contribution in [-0.2, 0) is 22.1 Å². The molecule has 0 radical (unpaired) electrons. The summed E-state index contributed by atoms with van der Waals surface area (Å²) >= 11 is 0. The number of rotatable bonds is 6. The molecule has 1 aromatic heterocycles. The van der Waals surface area contributed by atoms with Crippen LogP contribution in [0.4, 0.5) is 13.2 Å². The highest BCUT2D eigenvalue weighted by molar-refractivity contribution is 5.78. The topological polar surface area (TPSA) is 82.8 Å². The Kier molecular flexibility index (Phi) is 6.87. The van der Waals surface area contributed by atoms with Crippen LogP contribution < -0.4 is 9.47 Å². The van der Waals surface area contributed by atoms with Gasteiger partial charge < -0.3 is 19.4 Å². The number of aryl methyl sites for hydroxylation is 1. The number of ether oxygens (including phenoxy) is 3. The van der Waals surface area contributed by atoms with Crippen molar-refractivity contribution in [3.8, 4) is 33.8 Å². The van der Waals surface area contributed by atoms with Gasteiger partial charge >= 0.3 is 12.1 Å². The first-order chi connectivity index (χ1) is 20.0. The number of hydrogen-bond acceptors (Lipinski definition) is 6. The number of nitrogens with zero attached hydrogens (tertiary/aromatic N) is 2. The monoisotopic (exact) mass is 578 g/mol. The molecule has 2 heterocycles. The first-order valence-electron chi connectivity index (χ1n) is 13.6. The number of halogens is 3. The van der Waals surface area contributed by atoms with Crippen molar-refractivity contribution in [1.82, 2.24) is 9.94 Å². The van der Waals surface area contributed by atoms with Gasteiger partial charge in [-0.1, -0.05) is 36.4 Å². The first kappa shape index (κ1) is 27.7. The van der Waals surface area contributed by atoms with Gasteiger partial charge in [0.1, 0.15) is 17.6 Å². The second kappa shape index (κ2) is 10.4. The zero-order valence-electron chi connectivity index (χ0n) is 23.3. The van der Waals surface area contributed by atoms with Crippen LogP contribution in [-0.4, -0.2) is 34.8 Å². The Morgan fingerprint density at radius 3 is 2.38 bits per heavy atom. The van der Waals surface area contributed by atoms with Crippen LogP contribution in [0.1, 0.15) is 58.5 Å². The van der Waals surface area contributed by atoms with Crippen molar-refractivity contribution in [3.63, 3.8) is 0 Å². The fraction of sp³-hybridized carbons (Fsp3) is 0.312. The molecule has 0 saturated carbocycles. The van der Waals surface area contributed by atoms with Crippen molar-refractivity contribution in [2.75, 3.05) is 13.7 Å². The van der Waals surface area contributed by atoms with Crippen molar-refractivity contribution in [3.05, 3.63) is 88.2 Å². The van der Waals surface area contributed by atoms with Gasteiger partial charge in [-0.2, -0.15) is 13.2 Å². The second-order valence-electron chi connectivity index (χ2n) is 10.7. The molecule has 0 spiro atoms. The average molecular weight is 579 g/mol. The Balaban J connectivity index is 1.31. The van der Waals surface area contributed by atoms with Crippen LogP contribution in [0.25, 0.3) is 22.3 Å². The van der Waals surface area contributed by atoms with Crippen molar-refractivity contribution in [2.24, 2.45) is 0 Å². The van der Waals surface area contributed by atoms with Gasteiger partial charge in [0.2, 0.25) is 0 Å². The standard InChI is InChI=1S/C32H29F3N2O5/c1-17-30(18(2)37(39)36-17)19-4-6-20(7-5-19)31-25-11-13-27(24(25)10-12-26(31)32(33,34)35)42-22-8-9-23-21(14-29(38)40-3)16-41-28(23)15-22/h4-10,12,15,21,27,39H,11,13-14,16H2,1-3H3/t21-,27-/m1/s1. The predicted octanol–water partition coefficient (Wildman–Crippen LogP) is 7.20. The molecule has 4 aromatic rings. The number of esters is 1. The minimum atomic E-state index is -4.54. The molecule has 0 saturated heterocycles. The quantitative estimate of drug-likeness (QED) is 0.193. The molecule has 2 aliphatic rings. The van der Waals surface area contributed by atoms with E-state index in [-0.39, 0.29) is 23.9 Å². The summed E-state index contributed by atoms with van der Waals surface area (Å²) in [5.41, 5.74) is 4.83. The molecule has 3 aromatic carbocycles. The number of methoxy groups -OCH3 is 1. The van der Waals surface area contributed by atoms with E-state index in [9.17, 15) is 23.2 Å². The Labute approximate surface area is 240 Å². The van der Waals surface area contributed by atoms with E-state index in [1.165, 1.54) is 13.2 Å². The molecule has 0 bridgehead atoms. The van der Waals surface area contributed by atoms with Gasteiger partial charge in [-0.25, -0.2) is 0 Å². The molecule has 0 fully saturated rings. The molecule has 42 heavy (non-hydrogen) atoms. The molecule has 7 nitrogen and oxygen atoms in total. The molecule has 6 rings (SSSR count). The van der Waals surface area contributed by atoms with Crippen LogP contribution in [0.5, 0.6) is 11.5 Å². The maximum Gasteiger partial charge on any atom is 0.417 e. The number of benzene rings is 3. The lowest BCUT2D eigenvalue weighted by Gasteiger charge is -2.20. The smallest absolute Gasteiger partial charge is 0.417 e. The van der Waals surface area contributed by atoms with Gasteiger partial charge in [-0.15, -0.1) is 9.94 Å². The van der Waals surface area contributed by atoms with Gasteiger partial charge in [-0.3, -0.25) is 4.79 Å². The molecule has 1 aliphatic carbocycles. The Morgan fingerprint density at radius 1 is 1.05 bits per heavy atom. The third kappa shape index (κ3) is 4.84. The van der Waals surface area contributed by atoms with E-state index in [4.69, 9.17) is 14.2 Å². The summed E-state index contributed by atoms with van der Waals surface area (Å²) in [7, 11) is 1.35. The molecule has 0 unspecified atom stereocenters. The van der Waals surface area contributed by atoms with E-state index >= 15 is 0 Å². The molecule has 1 aliphatic heterocycles. The highest BCUT2D eigenvalue weighted by Crippen LogP contribution is 2.47. The third-order valence-electron chi connectivity index (χ3n) is 8.17. The van der Waals surface area contributed by atoms with Crippen LogP contribution in [0.3, 0.4) is 0 Å². The van der Waals surface area contributed by atoms with E-state index < -0.39 is 17.8 Å². The fourth-order valence-corrected chi connectivity index (χ4v) is 6.15. The summed E-state index contributed by atoms with van der Waals surface area (Å²) in [6.07, 6.45) is -3.79. The van der Waals surface area contributed by atoms with E-state index in [0.29, 0.717) is 53.5 Å². The molecule has 2 atom stereocenters. The van der Waals surface area contributed by atoms with Crippen molar-refractivity contribution < 1.29 is 37.4 Å². The Hall–Kier alpha value is -4.47. The Morgan fingerprint density at radius 2 is 1.74 bits per heavy atom. The number of carbonyl (C=O) groups excluding carboxylic acids is 1. The highest BCUT2D eigenvalue weighted by atomic mass is 19.4. The van der Waals surface area contributed by atoms with Gasteiger partial charge in [0, 0.05) is 23.1 Å². The summed E-state index contributed by atoms with van der Waals surface area (Å²) in [6, 6.07) is 15.0. The third-order valence-corrected chi connectivity index (χ3v) is 8.17. The second-order valence-corrected chi connectivity index (χ2v) is 10.7. The van der Waals surface area contributed by atoms with E-state index in [1.54, 1.807) is 50.2 Å². The largest absolute Gasteiger partial charge is 0.492 e.